The van der Waals surface area contributed by atoms with Crippen molar-refractivity contribution < 1.29 is 5.11 Å². The Bertz CT molecular complexity index is 1520. The predicted molar refractivity (Wildman–Crippen MR) is 192 cm³/mol. The SMILES string of the molecule is CC(C1CCC(P(c2ccccc2)c2ccccc2)C1C(O)c1ccccc1P(c1ccccc1)c1ccccc1)N(C)C. The highest BCUT2D eigenvalue weighted by atomic mass is 31.1. The summed E-state index contributed by atoms with van der Waals surface area (Å²) in [6, 6.07) is 53.0. The molecule has 5 unspecified atom stereocenters. The molecule has 1 N–H and O–H groups in total. The Morgan fingerprint density at radius 2 is 1.02 bits per heavy atom. The van der Waals surface area contributed by atoms with Crippen molar-refractivity contribution in [3.63, 3.8) is 0 Å². The van der Waals surface area contributed by atoms with Crippen LogP contribution in [0, 0.1) is 11.8 Å². The Morgan fingerprint density at radius 3 is 1.50 bits per heavy atom. The van der Waals surface area contributed by atoms with Gasteiger partial charge in [0.25, 0.3) is 0 Å². The van der Waals surface area contributed by atoms with E-state index >= 15 is 0 Å². The summed E-state index contributed by atoms with van der Waals surface area (Å²) in [6.07, 6.45) is 1.67. The summed E-state index contributed by atoms with van der Waals surface area (Å²) in [5, 5.41) is 19.5. The fourth-order valence-electron chi connectivity index (χ4n) is 7.16. The standard InChI is InChI=1S/C40H43NOP2/c1-30(41(2)3)35-28-29-38(44(33-22-12-6-13-23-33)34-24-14-7-15-25-34)39(35)40(42)36-26-16-17-27-37(36)43(31-18-8-4-9-19-31)32-20-10-5-11-21-32/h4-27,30,35,38-40,42H,28-29H2,1-3H3. The van der Waals surface area contributed by atoms with Gasteiger partial charge in [0.05, 0.1) is 6.10 Å². The topological polar surface area (TPSA) is 23.5 Å². The van der Waals surface area contributed by atoms with Gasteiger partial charge in [0, 0.05) is 12.0 Å². The van der Waals surface area contributed by atoms with Crippen LogP contribution in [0.2, 0.25) is 0 Å². The van der Waals surface area contributed by atoms with Gasteiger partial charge < -0.3 is 10.0 Å². The molecule has 44 heavy (non-hydrogen) atoms. The van der Waals surface area contributed by atoms with Crippen molar-refractivity contribution in [1.29, 1.82) is 0 Å². The molecule has 224 valence electrons. The molecule has 1 saturated carbocycles. The van der Waals surface area contributed by atoms with Crippen LogP contribution in [-0.2, 0) is 0 Å². The Morgan fingerprint density at radius 1 is 0.591 bits per heavy atom. The van der Waals surface area contributed by atoms with Crippen molar-refractivity contribution in [3.05, 3.63) is 151 Å². The van der Waals surface area contributed by atoms with E-state index in [1.54, 1.807) is 0 Å². The van der Waals surface area contributed by atoms with Crippen molar-refractivity contribution in [2.45, 2.75) is 37.6 Å². The lowest BCUT2D eigenvalue weighted by atomic mass is 9.82. The van der Waals surface area contributed by atoms with Crippen LogP contribution in [0.4, 0.5) is 0 Å². The molecule has 5 aromatic rings. The molecule has 0 aliphatic heterocycles. The van der Waals surface area contributed by atoms with E-state index in [2.05, 4.69) is 172 Å². The first-order chi connectivity index (χ1) is 21.5. The fraction of sp³-hybridized carbons (Fsp3) is 0.250. The average Bonchev–Trinajstić information content (AvgIpc) is 3.51. The normalized spacial score (nSPS) is 19.8. The number of benzene rings is 5. The second-order valence-electron chi connectivity index (χ2n) is 12.1. The maximum Gasteiger partial charge on any atom is 0.0834 e. The maximum absolute atomic E-state index is 12.9. The molecule has 6 rings (SSSR count). The van der Waals surface area contributed by atoms with Gasteiger partial charge in [-0.15, -0.1) is 0 Å². The van der Waals surface area contributed by atoms with Crippen LogP contribution in [0.25, 0.3) is 0 Å². The number of aliphatic hydroxyl groups is 1. The summed E-state index contributed by atoms with van der Waals surface area (Å²) in [7, 11) is 2.87. The Balaban J connectivity index is 1.49. The van der Waals surface area contributed by atoms with Gasteiger partial charge in [-0.3, -0.25) is 0 Å². The van der Waals surface area contributed by atoms with Gasteiger partial charge in [-0.1, -0.05) is 146 Å². The van der Waals surface area contributed by atoms with E-state index in [0.29, 0.717) is 17.6 Å². The number of nitrogens with zero attached hydrogens (tertiary/aromatic N) is 1. The molecular weight excluding hydrogens is 572 g/mol. The van der Waals surface area contributed by atoms with Crippen molar-refractivity contribution in [1.82, 2.24) is 4.90 Å². The lowest BCUT2D eigenvalue weighted by Gasteiger charge is -2.39. The van der Waals surface area contributed by atoms with E-state index in [9.17, 15) is 5.11 Å². The predicted octanol–water partition coefficient (Wildman–Crippen LogP) is 6.96. The Kier molecular flexibility index (Phi) is 10.1. The van der Waals surface area contributed by atoms with Crippen LogP contribution in [0.1, 0.15) is 31.4 Å². The first-order valence-corrected chi connectivity index (χ1v) is 18.5. The van der Waals surface area contributed by atoms with E-state index < -0.39 is 21.9 Å². The molecule has 0 amide bonds. The molecule has 0 radical (unpaired) electrons. The molecule has 0 bridgehead atoms. The van der Waals surface area contributed by atoms with Gasteiger partial charge in [-0.25, -0.2) is 0 Å². The lowest BCUT2D eigenvalue weighted by Crippen LogP contribution is -2.40. The van der Waals surface area contributed by atoms with Crippen molar-refractivity contribution in [3.8, 4) is 0 Å². The quantitative estimate of drug-likeness (QED) is 0.172. The summed E-state index contributed by atoms with van der Waals surface area (Å²) in [4.78, 5) is 2.35. The van der Waals surface area contributed by atoms with Crippen LogP contribution in [0.3, 0.4) is 0 Å². The third-order valence-corrected chi connectivity index (χ3v) is 15.0. The minimum absolute atomic E-state index is 0.128. The zero-order valence-corrected chi connectivity index (χ0v) is 27.7. The summed E-state index contributed by atoms with van der Waals surface area (Å²) < 4.78 is 0. The fourth-order valence-corrected chi connectivity index (χ4v) is 12.8. The van der Waals surface area contributed by atoms with Crippen LogP contribution in [0.5, 0.6) is 0 Å². The largest absolute Gasteiger partial charge is 0.388 e. The first kappa shape index (κ1) is 30.9. The molecule has 4 heteroatoms. The number of aliphatic hydroxyl groups excluding tert-OH is 1. The molecule has 1 aliphatic carbocycles. The van der Waals surface area contributed by atoms with Crippen LogP contribution < -0.4 is 26.5 Å². The monoisotopic (exact) mass is 615 g/mol. The molecule has 0 aromatic heterocycles. The zero-order chi connectivity index (χ0) is 30.5. The molecule has 5 aromatic carbocycles. The highest BCUT2D eigenvalue weighted by molar-refractivity contribution is 7.80. The number of rotatable bonds is 10. The third kappa shape index (κ3) is 6.47. The van der Waals surface area contributed by atoms with E-state index in [1.165, 1.54) is 26.5 Å². The minimum atomic E-state index is -0.838. The second kappa shape index (κ2) is 14.3. The van der Waals surface area contributed by atoms with Gasteiger partial charge in [0.1, 0.15) is 0 Å². The van der Waals surface area contributed by atoms with Gasteiger partial charge >= 0.3 is 0 Å². The van der Waals surface area contributed by atoms with E-state index in [1.807, 2.05) is 0 Å². The van der Waals surface area contributed by atoms with E-state index in [4.69, 9.17) is 0 Å². The van der Waals surface area contributed by atoms with E-state index in [-0.39, 0.29) is 5.92 Å². The minimum Gasteiger partial charge on any atom is -0.388 e. The highest BCUT2D eigenvalue weighted by Crippen LogP contribution is 2.57. The van der Waals surface area contributed by atoms with Gasteiger partial charge in [0.2, 0.25) is 0 Å². The first-order valence-electron chi connectivity index (χ1n) is 15.8. The van der Waals surface area contributed by atoms with Crippen LogP contribution in [0.15, 0.2) is 146 Å². The van der Waals surface area contributed by atoms with Crippen molar-refractivity contribution >= 4 is 42.4 Å². The molecule has 2 nitrogen and oxygen atoms in total. The molecule has 0 spiro atoms. The van der Waals surface area contributed by atoms with Crippen LogP contribution in [-0.4, -0.2) is 35.8 Å². The molecule has 1 aliphatic rings. The van der Waals surface area contributed by atoms with Gasteiger partial charge in [-0.2, -0.15) is 0 Å². The Labute approximate surface area is 266 Å². The molecule has 0 heterocycles. The smallest absolute Gasteiger partial charge is 0.0834 e. The van der Waals surface area contributed by atoms with Crippen LogP contribution >= 0.6 is 15.8 Å². The molecule has 1 fully saturated rings. The van der Waals surface area contributed by atoms with Gasteiger partial charge in [0.15, 0.2) is 0 Å². The van der Waals surface area contributed by atoms with E-state index in [0.717, 1.165) is 18.4 Å². The number of hydrogen-bond donors (Lipinski definition) is 1. The second-order valence-corrected chi connectivity index (χ2v) is 16.8. The average molecular weight is 616 g/mol. The summed E-state index contributed by atoms with van der Waals surface area (Å²) in [5.74, 6) is 0.513. The highest BCUT2D eigenvalue weighted by Gasteiger charge is 2.48. The van der Waals surface area contributed by atoms with Crippen molar-refractivity contribution in [2.75, 3.05) is 14.1 Å². The molecule has 5 atom stereocenters. The lowest BCUT2D eigenvalue weighted by molar-refractivity contribution is 0.0616. The summed E-state index contributed by atoms with van der Waals surface area (Å²) in [5.41, 5.74) is 1.46. The maximum atomic E-state index is 12.9. The molecule has 0 saturated heterocycles. The van der Waals surface area contributed by atoms with Crippen molar-refractivity contribution in [2.24, 2.45) is 11.8 Å². The van der Waals surface area contributed by atoms with Gasteiger partial charge in [-0.05, 0) is 93.4 Å². The number of hydrogen-bond acceptors (Lipinski definition) is 2. The summed E-state index contributed by atoms with van der Waals surface area (Å²) in [6.45, 7) is 2.35. The Hall–Kier alpha value is -3.12. The summed E-state index contributed by atoms with van der Waals surface area (Å²) >= 11 is 0. The molecular formula is C40H43NOP2. The third-order valence-electron chi connectivity index (χ3n) is 9.46. The zero-order valence-electron chi connectivity index (χ0n) is 25.9.